The summed E-state index contributed by atoms with van der Waals surface area (Å²) < 4.78 is -0.693. The molecular formula is C22H34O2S. The van der Waals surface area contributed by atoms with Crippen LogP contribution in [0.5, 0.6) is 0 Å². The summed E-state index contributed by atoms with van der Waals surface area (Å²) in [7, 11) is 0. The topological polar surface area (TPSA) is 37.3 Å². The van der Waals surface area contributed by atoms with Crippen molar-refractivity contribution in [1.29, 1.82) is 0 Å². The molecule has 0 spiro atoms. The van der Waals surface area contributed by atoms with Gasteiger partial charge in [0.15, 0.2) is 0 Å². The first-order valence-corrected chi connectivity index (χ1v) is 10.1. The van der Waals surface area contributed by atoms with Crippen LogP contribution in [-0.2, 0) is 4.79 Å². The molecular weight excluding hydrogens is 328 g/mol. The molecule has 3 heteroatoms. The van der Waals surface area contributed by atoms with E-state index in [0.717, 1.165) is 44.3 Å². The number of carboxylic acids is 1. The number of carbonyl (C=O) groups is 1. The van der Waals surface area contributed by atoms with Crippen molar-refractivity contribution in [1.82, 2.24) is 0 Å². The van der Waals surface area contributed by atoms with E-state index in [4.69, 9.17) is 5.11 Å². The van der Waals surface area contributed by atoms with Crippen LogP contribution in [0.25, 0.3) is 0 Å². The summed E-state index contributed by atoms with van der Waals surface area (Å²) >= 11 is 1.49. The van der Waals surface area contributed by atoms with Crippen LogP contribution in [0.1, 0.15) is 59.3 Å². The van der Waals surface area contributed by atoms with Gasteiger partial charge in [0.2, 0.25) is 0 Å². The van der Waals surface area contributed by atoms with Crippen LogP contribution >= 0.6 is 11.8 Å². The molecule has 2 nitrogen and oxygen atoms in total. The molecule has 0 bridgehead atoms. The standard InChI is InChI=1S/C22H34O2S/c1-4-5-6-7-8-9-10-11-12-13-14-15-16-17-18-19-20-25-22(2,3)21(23)24/h5-6,8-9,11-12,14-15,17-18H,4,7,10,13,16,19-20H2,1-3H3,(H,23,24)/b6-5-,9-8-,12-11-,15-14-,18-17-. The van der Waals surface area contributed by atoms with Gasteiger partial charge in [-0.15, -0.1) is 11.8 Å². The Hall–Kier alpha value is -1.48. The minimum absolute atomic E-state index is 0.693. The molecule has 0 unspecified atom stereocenters. The predicted molar refractivity (Wildman–Crippen MR) is 113 cm³/mol. The summed E-state index contributed by atoms with van der Waals surface area (Å²) in [4.78, 5) is 11.0. The summed E-state index contributed by atoms with van der Waals surface area (Å²) in [6, 6.07) is 0. The minimum Gasteiger partial charge on any atom is -0.480 e. The fraction of sp³-hybridized carbons (Fsp3) is 0.500. The molecule has 0 aromatic rings. The van der Waals surface area contributed by atoms with Gasteiger partial charge in [-0.3, -0.25) is 4.79 Å². The fourth-order valence-corrected chi connectivity index (χ4v) is 2.70. The lowest BCUT2D eigenvalue weighted by Crippen LogP contribution is -2.27. The van der Waals surface area contributed by atoms with E-state index < -0.39 is 10.7 Å². The van der Waals surface area contributed by atoms with Crippen molar-refractivity contribution in [2.75, 3.05) is 5.75 Å². The van der Waals surface area contributed by atoms with Crippen LogP contribution in [0.4, 0.5) is 0 Å². The van der Waals surface area contributed by atoms with Gasteiger partial charge >= 0.3 is 5.97 Å². The molecule has 140 valence electrons. The minimum atomic E-state index is -0.749. The molecule has 0 rings (SSSR count). The number of hydrogen-bond donors (Lipinski definition) is 1. The highest BCUT2D eigenvalue weighted by atomic mass is 32.2. The second-order valence-electron chi connectivity index (χ2n) is 6.16. The summed E-state index contributed by atoms with van der Waals surface area (Å²) in [6.45, 7) is 5.65. The highest BCUT2D eigenvalue weighted by Gasteiger charge is 2.26. The van der Waals surface area contributed by atoms with Gasteiger partial charge in [-0.25, -0.2) is 0 Å². The van der Waals surface area contributed by atoms with Crippen molar-refractivity contribution < 1.29 is 9.90 Å². The van der Waals surface area contributed by atoms with E-state index in [2.05, 4.69) is 67.7 Å². The van der Waals surface area contributed by atoms with Crippen molar-refractivity contribution >= 4 is 17.7 Å². The molecule has 25 heavy (non-hydrogen) atoms. The van der Waals surface area contributed by atoms with E-state index in [1.54, 1.807) is 13.8 Å². The average molecular weight is 363 g/mol. The van der Waals surface area contributed by atoms with Crippen molar-refractivity contribution in [3.63, 3.8) is 0 Å². The number of thioether (sulfide) groups is 1. The molecule has 0 fully saturated rings. The van der Waals surface area contributed by atoms with Gasteiger partial charge in [0, 0.05) is 0 Å². The zero-order valence-electron chi connectivity index (χ0n) is 16.0. The first kappa shape index (κ1) is 23.5. The number of aliphatic carboxylic acids is 1. The van der Waals surface area contributed by atoms with Crippen LogP contribution in [0.3, 0.4) is 0 Å². The van der Waals surface area contributed by atoms with Gasteiger partial charge in [-0.05, 0) is 58.1 Å². The Labute approximate surface area is 158 Å². The average Bonchev–Trinajstić information content (AvgIpc) is 2.57. The quantitative estimate of drug-likeness (QED) is 0.275. The highest BCUT2D eigenvalue weighted by molar-refractivity contribution is 8.01. The molecule has 1 N–H and O–H groups in total. The molecule has 0 aromatic heterocycles. The Balaban J connectivity index is 3.61. The van der Waals surface area contributed by atoms with E-state index >= 15 is 0 Å². The molecule has 0 aliphatic rings. The second kappa shape index (κ2) is 16.0. The van der Waals surface area contributed by atoms with Crippen molar-refractivity contribution in [2.45, 2.75) is 64.0 Å². The van der Waals surface area contributed by atoms with Crippen molar-refractivity contribution in [3.8, 4) is 0 Å². The second-order valence-corrected chi connectivity index (χ2v) is 7.88. The largest absolute Gasteiger partial charge is 0.480 e. The predicted octanol–water partition coefficient (Wildman–Crippen LogP) is 6.72. The molecule has 0 aliphatic heterocycles. The van der Waals surface area contributed by atoms with E-state index in [-0.39, 0.29) is 0 Å². The first-order chi connectivity index (χ1) is 12.0. The summed E-state index contributed by atoms with van der Waals surface area (Å²) in [5.41, 5.74) is 0. The lowest BCUT2D eigenvalue weighted by atomic mass is 10.2. The van der Waals surface area contributed by atoms with Gasteiger partial charge in [-0.1, -0.05) is 67.7 Å². The Morgan fingerprint density at radius 1 is 0.800 bits per heavy atom. The third kappa shape index (κ3) is 15.8. The van der Waals surface area contributed by atoms with Crippen molar-refractivity contribution in [3.05, 3.63) is 60.8 Å². The molecule has 0 radical (unpaired) electrons. The van der Waals surface area contributed by atoms with Crippen LogP contribution in [-0.4, -0.2) is 21.6 Å². The summed E-state index contributed by atoms with van der Waals surface area (Å²) in [5.74, 6) is 0.0885. The molecule has 0 atom stereocenters. The normalized spacial score (nSPS) is 13.4. The van der Waals surface area contributed by atoms with E-state index in [1.807, 2.05) is 0 Å². The number of carboxylic acid groups (broad SMARTS) is 1. The Bertz CT molecular complexity index is 482. The molecule has 0 heterocycles. The zero-order valence-corrected chi connectivity index (χ0v) is 16.8. The third-order valence-electron chi connectivity index (χ3n) is 3.42. The highest BCUT2D eigenvalue weighted by Crippen LogP contribution is 2.25. The van der Waals surface area contributed by atoms with E-state index in [9.17, 15) is 4.79 Å². The number of allylic oxidation sites excluding steroid dienone is 10. The van der Waals surface area contributed by atoms with Gasteiger partial charge in [0.05, 0.1) is 0 Å². The monoisotopic (exact) mass is 362 g/mol. The number of rotatable bonds is 14. The maximum absolute atomic E-state index is 11.0. The lowest BCUT2D eigenvalue weighted by molar-refractivity contribution is -0.138. The van der Waals surface area contributed by atoms with Gasteiger partial charge in [-0.2, -0.15) is 0 Å². The molecule has 0 amide bonds. The van der Waals surface area contributed by atoms with Gasteiger partial charge < -0.3 is 5.11 Å². The molecule has 0 aromatic carbocycles. The Morgan fingerprint density at radius 2 is 1.20 bits per heavy atom. The van der Waals surface area contributed by atoms with Gasteiger partial charge in [0.25, 0.3) is 0 Å². The fourth-order valence-electron chi connectivity index (χ4n) is 1.81. The third-order valence-corrected chi connectivity index (χ3v) is 4.76. The lowest BCUT2D eigenvalue weighted by Gasteiger charge is -2.17. The summed E-state index contributed by atoms with van der Waals surface area (Å²) in [6.07, 6.45) is 27.7. The van der Waals surface area contributed by atoms with E-state index in [0.29, 0.717) is 0 Å². The number of hydrogen-bond acceptors (Lipinski definition) is 2. The SMILES string of the molecule is CC/C=C\C/C=C\C/C=C\C/C=C\C/C=C\CCSC(C)(C)C(=O)O. The zero-order chi connectivity index (χ0) is 18.8. The van der Waals surface area contributed by atoms with Crippen LogP contribution in [0, 0.1) is 0 Å². The van der Waals surface area contributed by atoms with Crippen molar-refractivity contribution in [2.24, 2.45) is 0 Å². The van der Waals surface area contributed by atoms with Crippen LogP contribution in [0.2, 0.25) is 0 Å². The smallest absolute Gasteiger partial charge is 0.319 e. The Kier molecular flexibility index (Phi) is 15.1. The van der Waals surface area contributed by atoms with E-state index in [1.165, 1.54) is 11.8 Å². The summed E-state index contributed by atoms with van der Waals surface area (Å²) in [5, 5.41) is 9.02. The molecule has 0 saturated carbocycles. The maximum atomic E-state index is 11.0. The van der Waals surface area contributed by atoms with Crippen LogP contribution < -0.4 is 0 Å². The van der Waals surface area contributed by atoms with Crippen LogP contribution in [0.15, 0.2) is 60.8 Å². The molecule has 0 aliphatic carbocycles. The maximum Gasteiger partial charge on any atom is 0.319 e. The Morgan fingerprint density at radius 3 is 1.60 bits per heavy atom. The van der Waals surface area contributed by atoms with Gasteiger partial charge in [0.1, 0.15) is 4.75 Å². The molecule has 0 saturated heterocycles. The first-order valence-electron chi connectivity index (χ1n) is 9.13.